The quantitative estimate of drug-likeness (QED) is 0.0483. The summed E-state index contributed by atoms with van der Waals surface area (Å²) in [5.74, 6) is -6.35. The molecule has 0 spiro atoms. The average molecular weight is 977 g/mol. The zero-order valence-electron chi connectivity index (χ0n) is 38.0. The number of hydrogen-bond donors (Lipinski definition) is 12. The molecule has 368 valence electrons. The molecule has 0 fully saturated rings. The van der Waals surface area contributed by atoms with Crippen molar-refractivity contribution < 1.29 is 59.3 Å². The zero-order chi connectivity index (χ0) is 51.0. The van der Waals surface area contributed by atoms with Gasteiger partial charge in [0, 0.05) is 86.8 Å². The molecule has 5 atom stereocenters. The predicted octanol–water partition coefficient (Wildman–Crippen LogP) is 5.76. The van der Waals surface area contributed by atoms with Crippen molar-refractivity contribution in [2.45, 2.75) is 56.1 Å². The molecule has 9 rings (SSSR count). The Labute approximate surface area is 407 Å². The lowest BCUT2D eigenvalue weighted by Crippen LogP contribution is -2.58. The Morgan fingerprint density at radius 2 is 0.917 bits per heavy atom. The molecule has 4 heterocycles. The maximum Gasteiger partial charge on any atom is 0.419 e. The Bertz CT molecular complexity index is 3540. The van der Waals surface area contributed by atoms with Crippen LogP contribution in [0.5, 0.6) is 23.0 Å². The molecule has 0 radical (unpaired) electrons. The van der Waals surface area contributed by atoms with E-state index >= 15 is 9.59 Å². The molecule has 72 heavy (non-hydrogen) atoms. The fourth-order valence-corrected chi connectivity index (χ4v) is 9.25. The number of aromatic nitrogens is 4. The van der Waals surface area contributed by atoms with Crippen LogP contribution in [-0.4, -0.2) is 114 Å². The van der Waals surface area contributed by atoms with Gasteiger partial charge in [-0.1, -0.05) is 30.3 Å². The molecule has 1 unspecified atom stereocenters. The number of carbonyl (C=O) groups excluding carboxylic acids is 3. The molecule has 4 aromatic heterocycles. The van der Waals surface area contributed by atoms with E-state index in [4.69, 9.17) is 16.2 Å². The number of rotatable bonds is 17. The summed E-state index contributed by atoms with van der Waals surface area (Å²) in [5, 5.41) is 66.0. The van der Waals surface area contributed by atoms with E-state index in [-0.39, 0.29) is 41.2 Å². The standard InChI is InChI=1S/C52H48N8O12/c53-39(15-27-22-56-42-11-8-32(62)19-36(27)42)47(65)59(45(50(67)68)17-29-24-55-41-7-2-1-6-35(29)41)49(26-4-3-5-31(61)14-26)72-52(71)60(46(51(69)70)18-30-25-58-44-13-10-34(64)21-38(30)44)48(66)40(54)16-28-23-57-43-12-9-33(63)20-37(28)43/h1-14,19-25,39-40,45-46,49,55-58,61-64H,15-18,53-54H2,(H,67,68)(H,69,70)/t39-,40-,45-,46-,49?/m0/s1. The number of carboxylic acid groups (broad SMARTS) is 2. The monoisotopic (exact) mass is 976 g/mol. The minimum absolute atomic E-state index is 0.0764. The molecule has 0 aliphatic carbocycles. The van der Waals surface area contributed by atoms with Crippen molar-refractivity contribution in [3.63, 3.8) is 0 Å². The highest BCUT2D eigenvalue weighted by Crippen LogP contribution is 2.34. The van der Waals surface area contributed by atoms with Crippen molar-refractivity contribution in [3.8, 4) is 23.0 Å². The number of aromatic hydroxyl groups is 4. The smallest absolute Gasteiger partial charge is 0.419 e. The summed E-state index contributed by atoms with van der Waals surface area (Å²) >= 11 is 0. The van der Waals surface area contributed by atoms with Crippen LogP contribution in [0, 0.1) is 0 Å². The molecule has 14 N–H and O–H groups in total. The number of hydrogen-bond acceptors (Lipinski definition) is 12. The molecule has 9 aromatic rings. The number of nitrogens with zero attached hydrogens (tertiary/aromatic N) is 2. The van der Waals surface area contributed by atoms with Crippen LogP contribution >= 0.6 is 0 Å². The highest BCUT2D eigenvalue weighted by atomic mass is 16.6. The molecule has 3 amide bonds. The SMILES string of the molecule is N[C@@H](Cc1c[nH]c2ccc(O)cc12)C(=O)N(C(=O)OC(c1cccc(O)c1)N(C(=O)[C@@H](N)Cc1c[nH]c2ccc(O)cc12)[C@@H](Cc1c[nH]c2ccccc12)C(=O)O)[C@@H](Cc1c[nH]c2ccc(O)cc12)C(=O)O. The van der Waals surface area contributed by atoms with E-state index in [1.54, 1.807) is 54.9 Å². The summed E-state index contributed by atoms with van der Waals surface area (Å²) in [6, 6.07) is 18.1. The lowest BCUT2D eigenvalue weighted by atomic mass is 9.99. The van der Waals surface area contributed by atoms with Gasteiger partial charge in [-0.05, 0) is 108 Å². The van der Waals surface area contributed by atoms with Gasteiger partial charge in [-0.25, -0.2) is 19.3 Å². The fourth-order valence-electron chi connectivity index (χ4n) is 9.25. The zero-order valence-corrected chi connectivity index (χ0v) is 38.0. The summed E-state index contributed by atoms with van der Waals surface area (Å²) in [6.45, 7) is 0. The third-order valence-corrected chi connectivity index (χ3v) is 12.8. The fraction of sp³-hybridized carbons (Fsp3) is 0.173. The van der Waals surface area contributed by atoms with Gasteiger partial charge in [-0.2, -0.15) is 0 Å². The number of carboxylic acids is 2. The molecular formula is C52H48N8O12. The van der Waals surface area contributed by atoms with Crippen LogP contribution < -0.4 is 11.5 Å². The molecule has 20 heteroatoms. The first-order chi connectivity index (χ1) is 34.5. The Balaban J connectivity index is 1.16. The van der Waals surface area contributed by atoms with E-state index in [0.29, 0.717) is 65.2 Å². The number of benzene rings is 5. The van der Waals surface area contributed by atoms with Crippen molar-refractivity contribution >= 4 is 73.5 Å². The van der Waals surface area contributed by atoms with Crippen LogP contribution in [0.3, 0.4) is 0 Å². The second kappa shape index (κ2) is 19.6. The van der Waals surface area contributed by atoms with Gasteiger partial charge in [-0.3, -0.25) is 14.5 Å². The van der Waals surface area contributed by atoms with Gasteiger partial charge >= 0.3 is 18.0 Å². The molecule has 0 bridgehead atoms. The van der Waals surface area contributed by atoms with Gasteiger partial charge in [0.2, 0.25) is 18.0 Å². The number of carbonyl (C=O) groups is 5. The number of ether oxygens (including phenoxy) is 1. The minimum atomic E-state index is -2.15. The van der Waals surface area contributed by atoms with E-state index < -0.39 is 78.8 Å². The van der Waals surface area contributed by atoms with Crippen LogP contribution in [0.2, 0.25) is 0 Å². The topological polar surface area (TPSA) is 338 Å². The summed E-state index contributed by atoms with van der Waals surface area (Å²) < 4.78 is 6.18. The van der Waals surface area contributed by atoms with Crippen LogP contribution in [-0.2, 0) is 49.6 Å². The number of imide groups is 1. The number of nitrogens with two attached hydrogens (primary N) is 2. The van der Waals surface area contributed by atoms with Gasteiger partial charge in [0.05, 0.1) is 12.1 Å². The van der Waals surface area contributed by atoms with E-state index in [9.17, 15) is 45.0 Å². The largest absolute Gasteiger partial charge is 0.508 e. The highest BCUT2D eigenvalue weighted by molar-refractivity contribution is 6.00. The first-order valence-corrected chi connectivity index (χ1v) is 22.6. The molecule has 0 aliphatic rings. The molecule has 0 aliphatic heterocycles. The summed E-state index contributed by atoms with van der Waals surface area (Å²) in [7, 11) is 0. The highest BCUT2D eigenvalue weighted by Gasteiger charge is 2.45. The number of para-hydroxylation sites is 1. The summed E-state index contributed by atoms with van der Waals surface area (Å²) in [4.78, 5) is 86.1. The van der Waals surface area contributed by atoms with E-state index in [2.05, 4.69) is 19.9 Å². The van der Waals surface area contributed by atoms with Gasteiger partial charge in [0.15, 0.2) is 0 Å². The van der Waals surface area contributed by atoms with Crippen LogP contribution in [0.25, 0.3) is 43.6 Å². The summed E-state index contributed by atoms with van der Waals surface area (Å²) in [5.41, 5.74) is 17.0. The van der Waals surface area contributed by atoms with Gasteiger partial charge < -0.3 is 66.8 Å². The van der Waals surface area contributed by atoms with Crippen molar-refractivity contribution in [3.05, 3.63) is 156 Å². The second-order valence-corrected chi connectivity index (χ2v) is 17.5. The molecule has 0 saturated heterocycles. The maximum absolute atomic E-state index is 15.3. The maximum atomic E-state index is 15.3. The minimum Gasteiger partial charge on any atom is -0.508 e. The van der Waals surface area contributed by atoms with Crippen molar-refractivity contribution in [2.75, 3.05) is 0 Å². The van der Waals surface area contributed by atoms with Crippen LogP contribution in [0.15, 0.2) is 128 Å². The van der Waals surface area contributed by atoms with Crippen molar-refractivity contribution in [1.29, 1.82) is 0 Å². The molecule has 5 aromatic carbocycles. The summed E-state index contributed by atoms with van der Waals surface area (Å²) in [6.07, 6.45) is 0.765. The number of phenols is 4. The van der Waals surface area contributed by atoms with Gasteiger partial charge in [0.25, 0.3) is 0 Å². The van der Waals surface area contributed by atoms with Crippen LogP contribution in [0.4, 0.5) is 4.79 Å². The third-order valence-electron chi connectivity index (χ3n) is 12.8. The van der Waals surface area contributed by atoms with E-state index in [0.717, 1.165) is 11.0 Å². The number of phenolic OH excluding ortho intramolecular Hbond substituents is 4. The predicted molar refractivity (Wildman–Crippen MR) is 263 cm³/mol. The number of aliphatic carboxylic acids is 2. The Kier molecular flexibility index (Phi) is 13.0. The Hall–Kier alpha value is -9.27. The second-order valence-electron chi connectivity index (χ2n) is 17.5. The third kappa shape index (κ3) is 9.54. The number of amides is 3. The molecule has 0 saturated carbocycles. The van der Waals surface area contributed by atoms with Crippen molar-refractivity contribution in [2.24, 2.45) is 11.5 Å². The van der Waals surface area contributed by atoms with Crippen LogP contribution in [0.1, 0.15) is 34.0 Å². The van der Waals surface area contributed by atoms with E-state index in [1.807, 2.05) is 0 Å². The normalized spacial score (nSPS) is 13.7. The Morgan fingerprint density at radius 1 is 0.486 bits per heavy atom. The average Bonchev–Trinajstić information content (AvgIpc) is 4.16. The molecule has 20 nitrogen and oxygen atoms in total. The lowest BCUT2D eigenvalue weighted by molar-refractivity contribution is -0.164. The first-order valence-electron chi connectivity index (χ1n) is 22.6. The molecular weight excluding hydrogens is 929 g/mol. The first kappa shape index (κ1) is 47.8. The van der Waals surface area contributed by atoms with Crippen molar-refractivity contribution in [1.82, 2.24) is 29.7 Å². The van der Waals surface area contributed by atoms with E-state index in [1.165, 1.54) is 67.0 Å². The number of aromatic amines is 4. The van der Waals surface area contributed by atoms with Gasteiger partial charge in [0.1, 0.15) is 35.1 Å². The lowest BCUT2D eigenvalue weighted by Gasteiger charge is -2.38. The number of fused-ring (bicyclic) bond motifs is 4. The number of nitrogens with one attached hydrogen (secondary N) is 4. The Morgan fingerprint density at radius 3 is 1.42 bits per heavy atom. The number of H-pyrrole nitrogens is 4. The van der Waals surface area contributed by atoms with Gasteiger partial charge in [-0.15, -0.1) is 0 Å².